The molecule has 2 fully saturated rings. The second kappa shape index (κ2) is 7.18. The Hall–Kier alpha value is -1.48. The van der Waals surface area contributed by atoms with Gasteiger partial charge in [0.05, 0.1) is 17.5 Å². The number of halogens is 1. The van der Waals surface area contributed by atoms with Crippen LogP contribution in [0.3, 0.4) is 0 Å². The maximum atomic E-state index is 12.4. The number of carbonyl (C=O) groups is 1. The molecule has 4 N–H and O–H groups in total. The summed E-state index contributed by atoms with van der Waals surface area (Å²) in [6, 6.07) is 0. The minimum atomic E-state index is -0.852. The first-order valence-corrected chi connectivity index (χ1v) is 7.85. The SMILES string of the molecule is C[C@@]1(NC(=O)c2cnc[nH]c2=O)CCOC2(CCNCC2)[C@H]1O.Cl. The zero-order chi connectivity index (χ0) is 16.5. The molecule has 2 aliphatic rings. The van der Waals surface area contributed by atoms with Gasteiger partial charge in [-0.2, -0.15) is 0 Å². The molecule has 0 unspecified atom stereocenters. The molecular formula is C15H23ClN4O4. The van der Waals surface area contributed by atoms with Crippen LogP contribution in [0.1, 0.15) is 36.5 Å². The number of hydrogen-bond donors (Lipinski definition) is 4. The lowest BCUT2D eigenvalue weighted by molar-refractivity contribution is -0.197. The molecule has 0 saturated carbocycles. The standard InChI is InChI=1S/C15H22N4O4.ClH/c1-14(19-12(21)10-8-17-9-18-11(10)20)4-7-23-15(13(14)22)2-5-16-6-3-15;/h8-9,13,16,22H,2-7H2,1H3,(H,19,21)(H,17,18,20);1H/t13-,14+;/m0./s1. The Balaban J connectivity index is 0.00000208. The van der Waals surface area contributed by atoms with Crippen molar-refractivity contribution in [1.82, 2.24) is 20.6 Å². The van der Waals surface area contributed by atoms with Crippen LogP contribution in [0.4, 0.5) is 0 Å². The molecule has 2 atom stereocenters. The summed E-state index contributed by atoms with van der Waals surface area (Å²) in [5.41, 5.74) is -2.06. The fraction of sp³-hybridized carbons (Fsp3) is 0.667. The number of ether oxygens (including phenoxy) is 1. The monoisotopic (exact) mass is 358 g/mol. The first-order chi connectivity index (χ1) is 11.0. The van der Waals surface area contributed by atoms with Crippen molar-refractivity contribution in [1.29, 1.82) is 0 Å². The second-order valence-corrected chi connectivity index (χ2v) is 6.48. The normalized spacial score (nSPS) is 28.8. The van der Waals surface area contributed by atoms with Gasteiger partial charge in [0.15, 0.2) is 0 Å². The molecule has 1 amide bonds. The van der Waals surface area contributed by atoms with E-state index in [0.717, 1.165) is 13.1 Å². The highest BCUT2D eigenvalue weighted by Crippen LogP contribution is 2.38. The van der Waals surface area contributed by atoms with E-state index in [4.69, 9.17) is 4.74 Å². The van der Waals surface area contributed by atoms with Crippen molar-refractivity contribution in [2.75, 3.05) is 19.7 Å². The zero-order valence-electron chi connectivity index (χ0n) is 13.5. The molecule has 3 rings (SSSR count). The van der Waals surface area contributed by atoms with Crippen LogP contribution in [0.25, 0.3) is 0 Å². The van der Waals surface area contributed by atoms with Crippen molar-refractivity contribution in [3.63, 3.8) is 0 Å². The van der Waals surface area contributed by atoms with Gasteiger partial charge in [0.2, 0.25) is 0 Å². The lowest BCUT2D eigenvalue weighted by atomic mass is 9.73. The molecule has 9 heteroatoms. The number of amides is 1. The van der Waals surface area contributed by atoms with E-state index in [2.05, 4.69) is 20.6 Å². The fourth-order valence-corrected chi connectivity index (χ4v) is 3.49. The van der Waals surface area contributed by atoms with Gasteiger partial charge in [-0.15, -0.1) is 12.4 Å². The lowest BCUT2D eigenvalue weighted by Crippen LogP contribution is -2.69. The second-order valence-electron chi connectivity index (χ2n) is 6.48. The van der Waals surface area contributed by atoms with E-state index in [1.807, 2.05) is 0 Å². The third kappa shape index (κ3) is 3.32. The summed E-state index contributed by atoms with van der Waals surface area (Å²) in [4.78, 5) is 30.3. The number of aromatic amines is 1. The van der Waals surface area contributed by atoms with Gasteiger partial charge in [-0.05, 0) is 39.3 Å². The molecular weight excluding hydrogens is 336 g/mol. The minimum absolute atomic E-state index is 0. The summed E-state index contributed by atoms with van der Waals surface area (Å²) in [5, 5.41) is 17.0. The molecule has 0 bridgehead atoms. The smallest absolute Gasteiger partial charge is 0.263 e. The highest BCUT2D eigenvalue weighted by atomic mass is 35.5. The Morgan fingerprint density at radius 1 is 1.42 bits per heavy atom. The van der Waals surface area contributed by atoms with Gasteiger partial charge in [-0.1, -0.05) is 0 Å². The third-order valence-corrected chi connectivity index (χ3v) is 4.92. The molecule has 2 saturated heterocycles. The Kier molecular flexibility index (Phi) is 5.64. The Bertz CT molecular complexity index is 641. The quantitative estimate of drug-likeness (QED) is 0.571. The minimum Gasteiger partial charge on any atom is -0.388 e. The maximum Gasteiger partial charge on any atom is 0.263 e. The van der Waals surface area contributed by atoms with Gasteiger partial charge >= 0.3 is 0 Å². The molecule has 1 aromatic rings. The summed E-state index contributed by atoms with van der Waals surface area (Å²) in [7, 11) is 0. The van der Waals surface area contributed by atoms with Crippen molar-refractivity contribution in [2.45, 2.75) is 43.4 Å². The van der Waals surface area contributed by atoms with Crippen molar-refractivity contribution >= 4 is 18.3 Å². The highest BCUT2D eigenvalue weighted by Gasteiger charge is 2.53. The Labute approximate surface area is 145 Å². The average molecular weight is 359 g/mol. The molecule has 0 aromatic carbocycles. The van der Waals surface area contributed by atoms with Crippen LogP contribution in [0.15, 0.2) is 17.3 Å². The molecule has 24 heavy (non-hydrogen) atoms. The highest BCUT2D eigenvalue weighted by molar-refractivity contribution is 5.94. The van der Waals surface area contributed by atoms with Crippen LogP contribution < -0.4 is 16.2 Å². The van der Waals surface area contributed by atoms with Crippen LogP contribution in [-0.2, 0) is 4.74 Å². The van der Waals surface area contributed by atoms with Gasteiger partial charge < -0.3 is 25.5 Å². The van der Waals surface area contributed by atoms with Crippen molar-refractivity contribution in [3.05, 3.63) is 28.4 Å². The number of aliphatic hydroxyl groups is 1. The molecule has 1 aromatic heterocycles. The first kappa shape index (κ1) is 18.9. The van der Waals surface area contributed by atoms with Gasteiger partial charge in [-0.3, -0.25) is 9.59 Å². The largest absolute Gasteiger partial charge is 0.388 e. The van der Waals surface area contributed by atoms with E-state index < -0.39 is 28.7 Å². The number of carbonyl (C=O) groups excluding carboxylic acids is 1. The van der Waals surface area contributed by atoms with Crippen LogP contribution in [0, 0.1) is 0 Å². The fourth-order valence-electron chi connectivity index (χ4n) is 3.49. The zero-order valence-corrected chi connectivity index (χ0v) is 14.3. The van der Waals surface area contributed by atoms with Gasteiger partial charge in [0, 0.05) is 12.8 Å². The molecule has 0 radical (unpaired) electrons. The molecule has 134 valence electrons. The van der Waals surface area contributed by atoms with Crippen LogP contribution in [0.5, 0.6) is 0 Å². The lowest BCUT2D eigenvalue weighted by Gasteiger charge is -2.52. The van der Waals surface area contributed by atoms with E-state index in [0.29, 0.717) is 25.9 Å². The van der Waals surface area contributed by atoms with E-state index in [1.165, 1.54) is 12.5 Å². The van der Waals surface area contributed by atoms with E-state index in [9.17, 15) is 14.7 Å². The first-order valence-electron chi connectivity index (χ1n) is 7.85. The van der Waals surface area contributed by atoms with Crippen molar-refractivity contribution < 1.29 is 14.6 Å². The number of H-pyrrole nitrogens is 1. The molecule has 8 nitrogen and oxygen atoms in total. The topological polar surface area (TPSA) is 116 Å². The Morgan fingerprint density at radius 3 is 2.79 bits per heavy atom. The number of hydrogen-bond acceptors (Lipinski definition) is 6. The summed E-state index contributed by atoms with van der Waals surface area (Å²) in [6.45, 7) is 3.79. The molecule has 1 spiro atoms. The van der Waals surface area contributed by atoms with E-state index in [-0.39, 0.29) is 18.0 Å². The number of nitrogens with one attached hydrogen (secondary N) is 3. The number of piperidine rings is 1. The number of nitrogens with zero attached hydrogens (tertiary/aromatic N) is 1. The van der Waals surface area contributed by atoms with Crippen LogP contribution in [0.2, 0.25) is 0 Å². The van der Waals surface area contributed by atoms with E-state index >= 15 is 0 Å². The van der Waals surface area contributed by atoms with Crippen molar-refractivity contribution in [3.8, 4) is 0 Å². The summed E-state index contributed by atoms with van der Waals surface area (Å²) in [5.74, 6) is -0.535. The van der Waals surface area contributed by atoms with E-state index in [1.54, 1.807) is 6.92 Å². The molecule has 2 aliphatic heterocycles. The van der Waals surface area contributed by atoms with Crippen LogP contribution >= 0.6 is 12.4 Å². The number of aromatic nitrogens is 2. The number of rotatable bonds is 2. The predicted octanol–water partition coefficient (Wildman–Crippen LogP) is -0.416. The van der Waals surface area contributed by atoms with Crippen molar-refractivity contribution in [2.24, 2.45) is 0 Å². The van der Waals surface area contributed by atoms with Gasteiger partial charge in [-0.25, -0.2) is 4.98 Å². The average Bonchev–Trinajstić information content (AvgIpc) is 2.54. The molecule has 0 aliphatic carbocycles. The molecule has 3 heterocycles. The summed E-state index contributed by atoms with van der Waals surface area (Å²) in [6.07, 6.45) is 3.47. The summed E-state index contributed by atoms with van der Waals surface area (Å²) >= 11 is 0. The summed E-state index contributed by atoms with van der Waals surface area (Å²) < 4.78 is 5.90. The number of aliphatic hydroxyl groups excluding tert-OH is 1. The maximum absolute atomic E-state index is 12.4. The predicted molar refractivity (Wildman–Crippen MR) is 89.4 cm³/mol. The van der Waals surface area contributed by atoms with Gasteiger partial charge in [0.1, 0.15) is 11.7 Å². The third-order valence-electron chi connectivity index (χ3n) is 4.92. The van der Waals surface area contributed by atoms with Gasteiger partial charge in [0.25, 0.3) is 11.5 Å². The Morgan fingerprint density at radius 2 is 2.12 bits per heavy atom. The van der Waals surface area contributed by atoms with Crippen LogP contribution in [-0.4, -0.2) is 57.9 Å².